The van der Waals surface area contributed by atoms with Crippen LogP contribution >= 0.6 is 0 Å². The number of carbonyl (C=O) groups excluding carboxylic acids is 2. The summed E-state index contributed by atoms with van der Waals surface area (Å²) >= 11 is 0. The summed E-state index contributed by atoms with van der Waals surface area (Å²) in [6.07, 6.45) is 5.46. The van der Waals surface area contributed by atoms with Crippen LogP contribution in [0.25, 0.3) is 0 Å². The van der Waals surface area contributed by atoms with Crippen LogP contribution in [0.15, 0.2) is 42.5 Å². The van der Waals surface area contributed by atoms with Crippen LogP contribution in [0.1, 0.15) is 18.1 Å². The van der Waals surface area contributed by atoms with Crippen molar-refractivity contribution in [1.82, 2.24) is 4.90 Å². The van der Waals surface area contributed by atoms with Gasteiger partial charge in [0, 0.05) is 19.2 Å². The molecule has 0 saturated carbocycles. The third-order valence-corrected chi connectivity index (χ3v) is 4.00. The number of anilines is 2. The first kappa shape index (κ1) is 21.0. The second-order valence-corrected chi connectivity index (χ2v) is 6.48. The maximum atomic E-state index is 12.6. The van der Waals surface area contributed by atoms with Crippen LogP contribution in [0.4, 0.5) is 11.4 Å². The summed E-state index contributed by atoms with van der Waals surface area (Å²) in [5, 5.41) is 5.52. The van der Waals surface area contributed by atoms with E-state index in [9.17, 15) is 9.59 Å². The van der Waals surface area contributed by atoms with Gasteiger partial charge in [-0.3, -0.25) is 14.5 Å². The highest BCUT2D eigenvalue weighted by Crippen LogP contribution is 2.27. The number of ether oxygens (including phenoxy) is 1. The Labute approximate surface area is 165 Å². The number of amides is 2. The summed E-state index contributed by atoms with van der Waals surface area (Å²) in [6, 6.07) is 13.2. The van der Waals surface area contributed by atoms with E-state index in [1.165, 1.54) is 19.6 Å². The van der Waals surface area contributed by atoms with Gasteiger partial charge in [-0.25, -0.2) is 0 Å². The predicted octanol–water partition coefficient (Wildman–Crippen LogP) is 3.04. The van der Waals surface area contributed by atoms with E-state index in [1.807, 2.05) is 36.1 Å². The molecular formula is C22H25N3O3. The van der Waals surface area contributed by atoms with E-state index in [0.29, 0.717) is 30.2 Å². The van der Waals surface area contributed by atoms with E-state index in [0.717, 1.165) is 5.56 Å². The molecule has 28 heavy (non-hydrogen) atoms. The van der Waals surface area contributed by atoms with Crippen molar-refractivity contribution in [1.29, 1.82) is 0 Å². The number of methoxy groups -OCH3 is 1. The number of benzene rings is 2. The molecule has 146 valence electrons. The van der Waals surface area contributed by atoms with Gasteiger partial charge in [-0.15, -0.1) is 6.42 Å². The molecule has 2 rings (SSSR count). The molecule has 0 aliphatic carbocycles. The zero-order valence-electron chi connectivity index (χ0n) is 16.4. The lowest BCUT2D eigenvalue weighted by molar-refractivity contribution is -0.117. The predicted molar refractivity (Wildman–Crippen MR) is 111 cm³/mol. The number of aryl methyl sites for hydroxylation is 1. The van der Waals surface area contributed by atoms with Crippen LogP contribution in [0.2, 0.25) is 0 Å². The van der Waals surface area contributed by atoms with Crippen LogP contribution in [-0.2, 0) is 16.1 Å². The zero-order chi connectivity index (χ0) is 20.5. The quantitative estimate of drug-likeness (QED) is 0.692. The number of nitrogens with one attached hydrogen (secondary N) is 2. The first-order valence-electron chi connectivity index (χ1n) is 8.88. The number of carbonyl (C=O) groups is 2. The highest BCUT2D eigenvalue weighted by molar-refractivity contribution is 5.95. The first-order chi connectivity index (χ1) is 13.4. The molecule has 0 fully saturated rings. The minimum atomic E-state index is -0.222. The van der Waals surface area contributed by atoms with Crippen molar-refractivity contribution in [3.63, 3.8) is 0 Å². The molecular weight excluding hydrogens is 354 g/mol. The van der Waals surface area contributed by atoms with Gasteiger partial charge in [-0.1, -0.05) is 35.7 Å². The summed E-state index contributed by atoms with van der Waals surface area (Å²) in [5.41, 5.74) is 3.31. The highest BCUT2D eigenvalue weighted by Gasteiger charge is 2.14. The van der Waals surface area contributed by atoms with Gasteiger partial charge in [0.2, 0.25) is 11.8 Å². The second kappa shape index (κ2) is 10.1. The molecule has 2 aromatic rings. The van der Waals surface area contributed by atoms with Crippen molar-refractivity contribution in [3.8, 4) is 18.1 Å². The maximum Gasteiger partial charge on any atom is 0.238 e. The van der Waals surface area contributed by atoms with Gasteiger partial charge in [-0.05, 0) is 30.7 Å². The fourth-order valence-electron chi connectivity index (χ4n) is 2.73. The molecule has 2 aromatic carbocycles. The summed E-state index contributed by atoms with van der Waals surface area (Å²) in [6.45, 7) is 4.50. The summed E-state index contributed by atoms with van der Waals surface area (Å²) in [5.74, 6) is 2.68. The van der Waals surface area contributed by atoms with Crippen LogP contribution in [0.5, 0.6) is 5.75 Å². The Hall–Kier alpha value is -3.30. The Bertz CT molecular complexity index is 870. The smallest absolute Gasteiger partial charge is 0.238 e. The molecule has 0 aliphatic rings. The normalized spacial score (nSPS) is 10.2. The topological polar surface area (TPSA) is 70.7 Å². The van der Waals surface area contributed by atoms with Crippen molar-refractivity contribution in [2.24, 2.45) is 0 Å². The van der Waals surface area contributed by atoms with Gasteiger partial charge in [0.1, 0.15) is 5.75 Å². The van der Waals surface area contributed by atoms with Crippen LogP contribution in [0.3, 0.4) is 0 Å². The molecule has 0 aliphatic heterocycles. The van der Waals surface area contributed by atoms with Crippen LogP contribution in [0, 0.1) is 19.3 Å². The summed E-state index contributed by atoms with van der Waals surface area (Å²) < 4.78 is 5.29. The molecule has 2 N–H and O–H groups in total. The van der Waals surface area contributed by atoms with Gasteiger partial charge in [0.25, 0.3) is 0 Å². The van der Waals surface area contributed by atoms with E-state index in [1.54, 1.807) is 18.2 Å². The molecule has 0 unspecified atom stereocenters. The third kappa shape index (κ3) is 6.45. The zero-order valence-corrected chi connectivity index (χ0v) is 16.4. The number of terminal acetylenes is 1. The minimum Gasteiger partial charge on any atom is -0.495 e. The lowest BCUT2D eigenvalue weighted by Crippen LogP contribution is -2.33. The van der Waals surface area contributed by atoms with Gasteiger partial charge >= 0.3 is 0 Å². The van der Waals surface area contributed by atoms with E-state index in [-0.39, 0.29) is 18.4 Å². The van der Waals surface area contributed by atoms with Crippen molar-refractivity contribution in [2.75, 3.05) is 30.8 Å². The lowest BCUT2D eigenvalue weighted by Gasteiger charge is -2.20. The monoisotopic (exact) mass is 379 g/mol. The molecule has 0 heterocycles. The molecule has 0 saturated heterocycles. The molecule has 0 atom stereocenters. The van der Waals surface area contributed by atoms with E-state index < -0.39 is 0 Å². The lowest BCUT2D eigenvalue weighted by atomic mass is 10.1. The first-order valence-corrected chi connectivity index (χ1v) is 8.88. The molecule has 0 aromatic heterocycles. The number of nitrogens with zero attached hydrogens (tertiary/aromatic N) is 1. The summed E-state index contributed by atoms with van der Waals surface area (Å²) in [7, 11) is 1.52. The highest BCUT2D eigenvalue weighted by atomic mass is 16.5. The van der Waals surface area contributed by atoms with Crippen LogP contribution < -0.4 is 15.4 Å². The van der Waals surface area contributed by atoms with Crippen LogP contribution in [-0.4, -0.2) is 36.9 Å². The largest absolute Gasteiger partial charge is 0.495 e. The molecule has 0 bridgehead atoms. The fourth-order valence-corrected chi connectivity index (χ4v) is 2.73. The number of rotatable bonds is 8. The number of hydrogen-bond donors (Lipinski definition) is 2. The maximum absolute atomic E-state index is 12.6. The Balaban J connectivity index is 2.08. The van der Waals surface area contributed by atoms with Gasteiger partial charge in [0.15, 0.2) is 0 Å². The Morgan fingerprint density at radius 2 is 1.86 bits per heavy atom. The van der Waals surface area contributed by atoms with Crippen molar-refractivity contribution < 1.29 is 14.3 Å². The standard InChI is InChI=1S/C22H25N3O3/c1-5-12-25(14-18-8-6-16(2)7-9-18)15-22(27)24-20-13-19(23-17(3)26)10-11-21(20)28-4/h1,6-11,13H,12,14-15H2,2-4H3,(H,23,26)(H,24,27). The van der Waals surface area contributed by atoms with E-state index >= 15 is 0 Å². The molecule has 0 spiro atoms. The molecule has 0 radical (unpaired) electrons. The Morgan fingerprint density at radius 1 is 1.14 bits per heavy atom. The van der Waals surface area contributed by atoms with Gasteiger partial charge in [-0.2, -0.15) is 0 Å². The Morgan fingerprint density at radius 3 is 2.46 bits per heavy atom. The fraction of sp³-hybridized carbons (Fsp3) is 0.273. The van der Waals surface area contributed by atoms with Crippen molar-refractivity contribution in [3.05, 3.63) is 53.6 Å². The third-order valence-electron chi connectivity index (χ3n) is 4.00. The Kier molecular flexibility index (Phi) is 7.61. The molecule has 6 heteroatoms. The molecule has 2 amide bonds. The molecule has 6 nitrogen and oxygen atoms in total. The van der Waals surface area contributed by atoms with Gasteiger partial charge < -0.3 is 15.4 Å². The average Bonchev–Trinajstić information content (AvgIpc) is 2.63. The van der Waals surface area contributed by atoms with Crippen molar-refractivity contribution >= 4 is 23.2 Å². The SMILES string of the molecule is C#CCN(CC(=O)Nc1cc(NC(C)=O)ccc1OC)Cc1ccc(C)cc1. The van der Waals surface area contributed by atoms with Crippen molar-refractivity contribution in [2.45, 2.75) is 20.4 Å². The summed E-state index contributed by atoms with van der Waals surface area (Å²) in [4.78, 5) is 25.7. The number of hydrogen-bond acceptors (Lipinski definition) is 4. The van der Waals surface area contributed by atoms with Gasteiger partial charge in [0.05, 0.1) is 25.9 Å². The average molecular weight is 379 g/mol. The van der Waals surface area contributed by atoms with E-state index in [4.69, 9.17) is 11.2 Å². The van der Waals surface area contributed by atoms with E-state index in [2.05, 4.69) is 16.6 Å². The minimum absolute atomic E-state index is 0.131. The second-order valence-electron chi connectivity index (χ2n) is 6.48.